The van der Waals surface area contributed by atoms with E-state index in [1.54, 1.807) is 6.07 Å². The van der Waals surface area contributed by atoms with E-state index in [2.05, 4.69) is 25.9 Å². The average molecular weight is 288 g/mol. The molecule has 0 unspecified atom stereocenters. The van der Waals surface area contributed by atoms with Gasteiger partial charge in [0.2, 0.25) is 0 Å². The third-order valence-electron chi connectivity index (χ3n) is 2.14. The van der Waals surface area contributed by atoms with E-state index in [1.807, 2.05) is 13.0 Å². The molecule has 1 aromatic carbocycles. The normalized spacial score (nSPS) is 10.9. The molecule has 0 fully saturated rings. The van der Waals surface area contributed by atoms with Crippen molar-refractivity contribution in [3.05, 3.63) is 38.3 Å². The summed E-state index contributed by atoms with van der Waals surface area (Å²) in [6.07, 6.45) is 0. The Morgan fingerprint density at radius 1 is 1.53 bits per heavy atom. The van der Waals surface area contributed by atoms with Gasteiger partial charge in [-0.2, -0.15) is 0 Å². The zero-order valence-electron chi connectivity index (χ0n) is 7.97. The smallest absolute Gasteiger partial charge is 0.258 e. The van der Waals surface area contributed by atoms with Gasteiger partial charge in [-0.25, -0.2) is 4.98 Å². The number of nitrogens with one attached hydrogen (secondary N) is 1. The van der Waals surface area contributed by atoms with E-state index in [0.717, 1.165) is 10.0 Å². The summed E-state index contributed by atoms with van der Waals surface area (Å²) in [5.74, 6) is 0.709. The molecule has 0 aliphatic heterocycles. The lowest BCUT2D eigenvalue weighted by Gasteiger charge is -2.03. The maximum absolute atomic E-state index is 11.7. The number of aryl methyl sites for hydroxylation is 1. The quantitative estimate of drug-likeness (QED) is 0.820. The van der Waals surface area contributed by atoms with Crippen molar-refractivity contribution in [2.24, 2.45) is 0 Å². The fraction of sp³-hybridized carbons (Fsp3) is 0.200. The van der Waals surface area contributed by atoms with Crippen LogP contribution in [0.1, 0.15) is 11.4 Å². The monoisotopic (exact) mass is 286 g/mol. The van der Waals surface area contributed by atoms with Crippen LogP contribution < -0.4 is 5.56 Å². The predicted molar refractivity (Wildman–Crippen MR) is 64.4 cm³/mol. The first kappa shape index (κ1) is 10.6. The third kappa shape index (κ3) is 1.92. The van der Waals surface area contributed by atoms with Crippen molar-refractivity contribution in [2.45, 2.75) is 12.8 Å². The van der Waals surface area contributed by atoms with Crippen molar-refractivity contribution in [1.29, 1.82) is 0 Å². The van der Waals surface area contributed by atoms with Crippen molar-refractivity contribution < 1.29 is 0 Å². The molecule has 0 radical (unpaired) electrons. The summed E-state index contributed by atoms with van der Waals surface area (Å²) in [5, 5.41) is 0.579. The van der Waals surface area contributed by atoms with Crippen LogP contribution in [0.15, 0.2) is 21.4 Å². The van der Waals surface area contributed by atoms with Crippen LogP contribution in [-0.4, -0.2) is 9.97 Å². The van der Waals surface area contributed by atoms with Crippen molar-refractivity contribution in [1.82, 2.24) is 9.97 Å². The summed E-state index contributed by atoms with van der Waals surface area (Å²) in [5.41, 5.74) is 1.51. The summed E-state index contributed by atoms with van der Waals surface area (Å²) >= 11 is 8.99. The second-order valence-electron chi connectivity index (χ2n) is 3.27. The number of alkyl halides is 1. The second-order valence-corrected chi connectivity index (χ2v) is 4.45. The van der Waals surface area contributed by atoms with Crippen LogP contribution in [0.4, 0.5) is 0 Å². The van der Waals surface area contributed by atoms with Crippen LogP contribution in [0, 0.1) is 6.92 Å². The number of aromatic nitrogens is 2. The number of nitrogens with zero attached hydrogens (tertiary/aromatic N) is 1. The lowest BCUT2D eigenvalue weighted by molar-refractivity contribution is 1.03. The standard InChI is InChI=1S/C10H8BrClN2O/c1-5-2-6(11)3-7-9(5)13-8(4-12)14-10(7)15/h2-3H,4H2,1H3,(H,13,14,15). The van der Waals surface area contributed by atoms with E-state index < -0.39 is 0 Å². The molecule has 0 saturated carbocycles. The van der Waals surface area contributed by atoms with Crippen molar-refractivity contribution in [2.75, 3.05) is 0 Å². The highest BCUT2D eigenvalue weighted by molar-refractivity contribution is 9.10. The number of benzene rings is 1. The molecule has 2 aromatic rings. The van der Waals surface area contributed by atoms with Gasteiger partial charge in [0, 0.05) is 4.47 Å². The van der Waals surface area contributed by atoms with E-state index in [1.165, 1.54) is 0 Å². The first-order chi connectivity index (χ1) is 7.11. The highest BCUT2D eigenvalue weighted by Gasteiger charge is 2.06. The van der Waals surface area contributed by atoms with Gasteiger partial charge < -0.3 is 4.98 Å². The minimum absolute atomic E-state index is 0.153. The second kappa shape index (κ2) is 3.94. The van der Waals surface area contributed by atoms with E-state index in [0.29, 0.717) is 16.7 Å². The van der Waals surface area contributed by atoms with Gasteiger partial charge in [0.25, 0.3) is 5.56 Å². The van der Waals surface area contributed by atoms with Crippen LogP contribution in [0.5, 0.6) is 0 Å². The summed E-state index contributed by atoms with van der Waals surface area (Å²) in [6.45, 7) is 1.91. The van der Waals surface area contributed by atoms with Crippen LogP contribution in [0.3, 0.4) is 0 Å². The lowest BCUT2D eigenvalue weighted by atomic mass is 10.1. The zero-order valence-corrected chi connectivity index (χ0v) is 10.3. The summed E-state index contributed by atoms with van der Waals surface area (Å²) in [4.78, 5) is 18.6. The number of rotatable bonds is 1. The number of hydrogen-bond donors (Lipinski definition) is 1. The molecule has 0 aliphatic rings. The van der Waals surface area contributed by atoms with Gasteiger partial charge in [-0.1, -0.05) is 15.9 Å². The summed E-state index contributed by atoms with van der Waals surface area (Å²) in [6, 6.07) is 3.68. The number of H-pyrrole nitrogens is 1. The maximum Gasteiger partial charge on any atom is 0.258 e. The molecule has 0 bridgehead atoms. The molecular formula is C10H8BrClN2O. The van der Waals surface area contributed by atoms with Gasteiger partial charge >= 0.3 is 0 Å². The molecule has 5 heteroatoms. The number of hydrogen-bond acceptors (Lipinski definition) is 2. The summed E-state index contributed by atoms with van der Waals surface area (Å²) < 4.78 is 0.874. The Morgan fingerprint density at radius 2 is 2.27 bits per heavy atom. The molecule has 1 heterocycles. The third-order valence-corrected chi connectivity index (χ3v) is 2.85. The van der Waals surface area contributed by atoms with Crippen molar-refractivity contribution in [3.8, 4) is 0 Å². The van der Waals surface area contributed by atoms with Gasteiger partial charge in [0.15, 0.2) is 0 Å². The average Bonchev–Trinajstić information content (AvgIpc) is 2.19. The fourth-order valence-electron chi connectivity index (χ4n) is 1.48. The van der Waals surface area contributed by atoms with E-state index in [-0.39, 0.29) is 11.4 Å². The summed E-state index contributed by atoms with van der Waals surface area (Å²) in [7, 11) is 0. The molecule has 0 saturated heterocycles. The minimum atomic E-state index is -0.153. The number of halogens is 2. The first-order valence-corrected chi connectivity index (χ1v) is 5.69. The van der Waals surface area contributed by atoms with Gasteiger partial charge in [-0.3, -0.25) is 4.79 Å². The van der Waals surface area contributed by atoms with E-state index in [9.17, 15) is 4.79 Å². The molecule has 15 heavy (non-hydrogen) atoms. The van der Waals surface area contributed by atoms with Crippen LogP contribution in [-0.2, 0) is 5.88 Å². The lowest BCUT2D eigenvalue weighted by Crippen LogP contribution is -2.11. The van der Waals surface area contributed by atoms with E-state index >= 15 is 0 Å². The molecule has 3 nitrogen and oxygen atoms in total. The van der Waals surface area contributed by atoms with Crippen LogP contribution in [0.25, 0.3) is 10.9 Å². The Morgan fingerprint density at radius 3 is 2.93 bits per heavy atom. The molecule has 1 N–H and O–H groups in total. The zero-order chi connectivity index (χ0) is 11.0. The topological polar surface area (TPSA) is 45.8 Å². The van der Waals surface area contributed by atoms with Crippen molar-refractivity contribution in [3.63, 3.8) is 0 Å². The maximum atomic E-state index is 11.7. The highest BCUT2D eigenvalue weighted by atomic mass is 79.9. The van der Waals surface area contributed by atoms with Gasteiger partial charge in [0.05, 0.1) is 16.8 Å². The molecule has 0 spiro atoms. The van der Waals surface area contributed by atoms with Gasteiger partial charge in [-0.15, -0.1) is 11.6 Å². The first-order valence-electron chi connectivity index (χ1n) is 4.37. The largest absolute Gasteiger partial charge is 0.309 e. The molecule has 0 atom stereocenters. The van der Waals surface area contributed by atoms with Crippen LogP contribution >= 0.6 is 27.5 Å². The fourth-order valence-corrected chi connectivity index (χ4v) is 2.18. The molecule has 78 valence electrons. The molecule has 0 aliphatic carbocycles. The molecule has 2 rings (SSSR count). The molecular weight excluding hydrogens is 279 g/mol. The van der Waals surface area contributed by atoms with E-state index in [4.69, 9.17) is 11.6 Å². The Hall–Kier alpha value is -0.870. The Kier molecular flexibility index (Phi) is 2.80. The SMILES string of the molecule is Cc1cc(Br)cc2c(=O)[nH]c(CCl)nc12. The highest BCUT2D eigenvalue weighted by Crippen LogP contribution is 2.19. The Bertz CT molecular complexity index is 579. The van der Waals surface area contributed by atoms with Crippen molar-refractivity contribution >= 4 is 38.4 Å². The minimum Gasteiger partial charge on any atom is -0.309 e. The Labute approximate surface area is 99.6 Å². The van der Waals surface area contributed by atoms with Gasteiger partial charge in [-0.05, 0) is 24.6 Å². The van der Waals surface area contributed by atoms with Gasteiger partial charge in [0.1, 0.15) is 5.82 Å². The number of aromatic amines is 1. The Balaban J connectivity index is 2.91. The molecule has 1 aromatic heterocycles. The predicted octanol–water partition coefficient (Wildman–Crippen LogP) is 2.73. The molecule has 0 amide bonds. The van der Waals surface area contributed by atoms with Crippen LogP contribution in [0.2, 0.25) is 0 Å². The number of fused-ring (bicyclic) bond motifs is 1.